The number of sulfonamides is 1. The van der Waals surface area contributed by atoms with E-state index in [0.29, 0.717) is 22.3 Å². The summed E-state index contributed by atoms with van der Waals surface area (Å²) in [4.78, 5) is 16.4. The summed E-state index contributed by atoms with van der Waals surface area (Å²) in [6.07, 6.45) is 0. The van der Waals surface area contributed by atoms with Gasteiger partial charge in [0.1, 0.15) is 11.0 Å². The van der Waals surface area contributed by atoms with Gasteiger partial charge in [-0.25, -0.2) is 13.2 Å². The molecule has 116 valence electrons. The molecule has 0 unspecified atom stereocenters. The molecule has 2 aromatic carbocycles. The van der Waals surface area contributed by atoms with Crippen molar-refractivity contribution in [1.29, 1.82) is 5.26 Å². The van der Waals surface area contributed by atoms with E-state index in [2.05, 4.69) is 14.7 Å². The first kappa shape index (κ1) is 14.9. The van der Waals surface area contributed by atoms with Crippen molar-refractivity contribution in [2.45, 2.75) is 11.8 Å². The lowest BCUT2D eigenvalue weighted by Crippen LogP contribution is -2.15. The first-order valence-corrected chi connectivity index (χ1v) is 8.13. The average molecular weight is 328 g/mol. The maximum Gasteiger partial charge on any atom is 0.323 e. The van der Waals surface area contributed by atoms with E-state index in [4.69, 9.17) is 5.26 Å². The van der Waals surface area contributed by atoms with Crippen LogP contribution in [-0.4, -0.2) is 18.4 Å². The highest BCUT2D eigenvalue weighted by atomic mass is 32.2. The fraction of sp³-hybridized carbons (Fsp3) is 0.0667. The van der Waals surface area contributed by atoms with Crippen LogP contribution in [0, 0.1) is 18.3 Å². The van der Waals surface area contributed by atoms with Crippen LogP contribution in [0.3, 0.4) is 0 Å². The highest BCUT2D eigenvalue weighted by Crippen LogP contribution is 2.24. The summed E-state index contributed by atoms with van der Waals surface area (Å²) >= 11 is 0. The quantitative estimate of drug-likeness (QED) is 0.679. The van der Waals surface area contributed by atoms with Crippen LogP contribution < -0.4 is 10.4 Å². The standard InChI is InChI=1S/C15H12N4O3S/c1-9-6-12-13(18-15(20)17-12)7-11(9)19-23(21,22)14-5-3-2-4-10(14)8-16/h2-7,19H,1H3,(H2,17,18,20). The number of nitrogens with one attached hydrogen (secondary N) is 3. The third-order valence-corrected chi connectivity index (χ3v) is 4.83. The molecule has 0 aliphatic heterocycles. The highest BCUT2D eigenvalue weighted by molar-refractivity contribution is 7.92. The van der Waals surface area contributed by atoms with E-state index in [1.165, 1.54) is 18.2 Å². The Morgan fingerprint density at radius 1 is 1.13 bits per heavy atom. The second-order valence-electron chi connectivity index (χ2n) is 5.01. The van der Waals surface area contributed by atoms with Crippen molar-refractivity contribution in [2.24, 2.45) is 0 Å². The molecule has 0 spiro atoms. The van der Waals surface area contributed by atoms with Crippen molar-refractivity contribution < 1.29 is 8.42 Å². The first-order chi connectivity index (χ1) is 10.9. The van der Waals surface area contributed by atoms with Gasteiger partial charge in [-0.2, -0.15) is 5.26 Å². The molecule has 0 fully saturated rings. The van der Waals surface area contributed by atoms with E-state index in [1.54, 1.807) is 25.1 Å². The van der Waals surface area contributed by atoms with Gasteiger partial charge in [0.05, 0.1) is 22.3 Å². The molecule has 0 atom stereocenters. The molecular formula is C15H12N4O3S. The number of aromatic amines is 2. The maximum absolute atomic E-state index is 12.5. The van der Waals surface area contributed by atoms with Gasteiger partial charge in [0, 0.05) is 0 Å². The summed E-state index contributed by atoms with van der Waals surface area (Å²) in [6.45, 7) is 1.72. The van der Waals surface area contributed by atoms with E-state index in [0.717, 1.165) is 0 Å². The summed E-state index contributed by atoms with van der Waals surface area (Å²) in [5.41, 5.74) is 1.76. The van der Waals surface area contributed by atoms with Gasteiger partial charge in [0.2, 0.25) is 0 Å². The van der Waals surface area contributed by atoms with Crippen molar-refractivity contribution in [3.8, 4) is 6.07 Å². The Morgan fingerprint density at radius 3 is 2.48 bits per heavy atom. The van der Waals surface area contributed by atoms with Crippen molar-refractivity contribution in [1.82, 2.24) is 9.97 Å². The number of imidazole rings is 1. The summed E-state index contributed by atoms with van der Waals surface area (Å²) < 4.78 is 27.5. The Morgan fingerprint density at radius 2 is 1.78 bits per heavy atom. The number of aromatic nitrogens is 2. The molecule has 0 saturated carbocycles. The molecule has 1 heterocycles. The molecule has 3 N–H and O–H groups in total. The van der Waals surface area contributed by atoms with Crippen LogP contribution in [0.1, 0.15) is 11.1 Å². The van der Waals surface area contributed by atoms with Gasteiger partial charge in [-0.1, -0.05) is 12.1 Å². The molecular weight excluding hydrogens is 316 g/mol. The minimum Gasteiger partial charge on any atom is -0.306 e. The molecule has 0 aliphatic carbocycles. The summed E-state index contributed by atoms with van der Waals surface area (Å²) in [6, 6.07) is 11.0. The average Bonchev–Trinajstić information content (AvgIpc) is 2.86. The maximum atomic E-state index is 12.5. The van der Waals surface area contributed by atoms with Crippen molar-refractivity contribution >= 4 is 26.7 Å². The zero-order chi connectivity index (χ0) is 16.6. The fourth-order valence-corrected chi connectivity index (χ4v) is 3.57. The molecule has 3 rings (SSSR count). The molecule has 7 nitrogen and oxygen atoms in total. The van der Waals surface area contributed by atoms with E-state index < -0.39 is 10.0 Å². The van der Waals surface area contributed by atoms with Crippen LogP contribution in [-0.2, 0) is 10.0 Å². The number of nitriles is 1. The lowest BCUT2D eigenvalue weighted by atomic mass is 10.2. The molecule has 23 heavy (non-hydrogen) atoms. The van der Waals surface area contributed by atoms with Crippen LogP contribution in [0.5, 0.6) is 0 Å². The van der Waals surface area contributed by atoms with E-state index in [9.17, 15) is 13.2 Å². The zero-order valence-electron chi connectivity index (χ0n) is 12.0. The number of rotatable bonds is 3. The Labute approximate surface area is 131 Å². The van der Waals surface area contributed by atoms with E-state index in [1.807, 2.05) is 6.07 Å². The summed E-state index contributed by atoms with van der Waals surface area (Å²) in [5.74, 6) is 0. The Kier molecular flexibility index (Phi) is 3.42. The minimum atomic E-state index is -3.92. The number of hydrogen-bond acceptors (Lipinski definition) is 4. The topological polar surface area (TPSA) is 119 Å². The largest absolute Gasteiger partial charge is 0.323 e. The molecule has 0 aliphatic rings. The normalized spacial score (nSPS) is 11.3. The second-order valence-corrected chi connectivity index (χ2v) is 6.66. The predicted molar refractivity (Wildman–Crippen MR) is 85.6 cm³/mol. The second kappa shape index (κ2) is 5.30. The number of benzene rings is 2. The van der Waals surface area contributed by atoms with Crippen molar-refractivity contribution in [3.63, 3.8) is 0 Å². The number of hydrogen-bond donors (Lipinski definition) is 3. The lowest BCUT2D eigenvalue weighted by molar-refractivity contribution is 0.601. The molecule has 0 saturated heterocycles. The fourth-order valence-electron chi connectivity index (χ4n) is 2.29. The molecule has 3 aromatic rings. The van der Waals surface area contributed by atoms with Gasteiger partial charge >= 0.3 is 5.69 Å². The van der Waals surface area contributed by atoms with Crippen LogP contribution in [0.2, 0.25) is 0 Å². The third kappa shape index (κ3) is 2.69. The molecule has 0 radical (unpaired) electrons. The summed E-state index contributed by atoms with van der Waals surface area (Å²) in [5, 5.41) is 9.06. The number of fused-ring (bicyclic) bond motifs is 1. The third-order valence-electron chi connectivity index (χ3n) is 3.40. The minimum absolute atomic E-state index is 0.0637. The lowest BCUT2D eigenvalue weighted by Gasteiger charge is -2.11. The Bertz CT molecular complexity index is 1100. The molecule has 0 bridgehead atoms. The van der Waals surface area contributed by atoms with Crippen LogP contribution in [0.4, 0.5) is 5.69 Å². The molecule has 8 heteroatoms. The van der Waals surface area contributed by atoms with Gasteiger partial charge in [-0.05, 0) is 36.8 Å². The van der Waals surface area contributed by atoms with Crippen LogP contribution >= 0.6 is 0 Å². The number of aryl methyl sites for hydroxylation is 1. The highest BCUT2D eigenvalue weighted by Gasteiger charge is 2.19. The van der Waals surface area contributed by atoms with Gasteiger partial charge < -0.3 is 9.97 Å². The van der Waals surface area contributed by atoms with E-state index >= 15 is 0 Å². The monoisotopic (exact) mass is 328 g/mol. The molecule has 0 amide bonds. The van der Waals surface area contributed by atoms with Gasteiger partial charge in [0.25, 0.3) is 10.0 Å². The van der Waals surface area contributed by atoms with E-state index in [-0.39, 0.29) is 16.1 Å². The Balaban J connectivity index is 2.09. The number of anilines is 1. The molecule has 1 aromatic heterocycles. The van der Waals surface area contributed by atoms with Gasteiger partial charge in [-0.15, -0.1) is 0 Å². The SMILES string of the molecule is Cc1cc2[nH]c(=O)[nH]c2cc1NS(=O)(=O)c1ccccc1C#N. The predicted octanol–water partition coefficient (Wildman–Crippen LogP) is 1.84. The Hall–Kier alpha value is -3.05. The van der Waals surface area contributed by atoms with Gasteiger partial charge in [-0.3, -0.25) is 4.72 Å². The number of H-pyrrole nitrogens is 2. The van der Waals surface area contributed by atoms with Crippen molar-refractivity contribution in [3.05, 3.63) is 58.0 Å². The number of nitrogens with zero attached hydrogens (tertiary/aromatic N) is 1. The van der Waals surface area contributed by atoms with Gasteiger partial charge in [0.15, 0.2) is 0 Å². The zero-order valence-corrected chi connectivity index (χ0v) is 12.9. The van der Waals surface area contributed by atoms with Crippen LogP contribution in [0.25, 0.3) is 11.0 Å². The van der Waals surface area contributed by atoms with Crippen molar-refractivity contribution in [2.75, 3.05) is 4.72 Å². The van der Waals surface area contributed by atoms with Crippen LogP contribution in [0.15, 0.2) is 46.1 Å². The summed E-state index contributed by atoms with van der Waals surface area (Å²) in [7, 11) is -3.92. The smallest absolute Gasteiger partial charge is 0.306 e. The first-order valence-electron chi connectivity index (χ1n) is 6.65.